The Hall–Kier alpha value is -4.88. The van der Waals surface area contributed by atoms with Gasteiger partial charge in [-0.3, -0.25) is 0 Å². The van der Waals surface area contributed by atoms with E-state index in [2.05, 4.69) is 125 Å². The van der Waals surface area contributed by atoms with Gasteiger partial charge in [-0.1, -0.05) is 85.0 Å². The predicted octanol–water partition coefficient (Wildman–Crippen LogP) is 13.5. The molecule has 13 heteroatoms. The van der Waals surface area contributed by atoms with Crippen LogP contribution in [0.15, 0.2) is 77.9 Å². The van der Waals surface area contributed by atoms with E-state index >= 15 is 0 Å². The lowest BCUT2D eigenvalue weighted by Crippen LogP contribution is -2.24. The fraction of sp³-hybridized carbons (Fsp3) is 0.597. The smallest absolute Gasteiger partial charge is 0.212 e. The summed E-state index contributed by atoms with van der Waals surface area (Å²) in [6.07, 6.45) is 22.8. The highest BCUT2D eigenvalue weighted by Crippen LogP contribution is 2.44. The van der Waals surface area contributed by atoms with Crippen molar-refractivity contribution in [3.05, 3.63) is 128 Å². The molecule has 0 saturated heterocycles. The summed E-state index contributed by atoms with van der Waals surface area (Å²) >= 11 is 6.56. The number of hydrogen-bond acceptors (Lipinski definition) is 9. The molecule has 3 saturated carbocycles. The molecule has 0 bridgehead atoms. The van der Waals surface area contributed by atoms with E-state index in [4.69, 9.17) is 41.1 Å². The monoisotopic (exact) mass is 1040 g/mol. The number of nitrogens with one attached hydrogen (secondary N) is 3. The molecule has 3 heterocycles. The van der Waals surface area contributed by atoms with E-state index < -0.39 is 0 Å². The first-order chi connectivity index (χ1) is 36.5. The van der Waals surface area contributed by atoms with E-state index in [-0.39, 0.29) is 18.0 Å². The maximum absolute atomic E-state index is 6.83. The first-order valence-corrected chi connectivity index (χ1v) is 29.2. The van der Waals surface area contributed by atoms with E-state index in [1.807, 2.05) is 33.3 Å². The minimum Gasteiger partial charge on any atom is -0.477 e. The van der Waals surface area contributed by atoms with Gasteiger partial charge in [0.1, 0.15) is 13.2 Å². The van der Waals surface area contributed by atoms with Gasteiger partial charge in [-0.25, -0.2) is 14.0 Å². The second-order valence-electron chi connectivity index (χ2n) is 22.9. The first-order valence-electron chi connectivity index (χ1n) is 28.8. The molecule has 0 radical (unpaired) electrons. The minimum absolute atomic E-state index is 0.175. The second kappa shape index (κ2) is 26.0. The molecule has 4 atom stereocenters. The Morgan fingerprint density at radius 2 is 1.08 bits per heavy atom. The molecule has 0 amide bonds. The lowest BCUT2D eigenvalue weighted by molar-refractivity contribution is 0.195. The van der Waals surface area contributed by atoms with Crippen LogP contribution >= 0.6 is 11.6 Å². The van der Waals surface area contributed by atoms with Gasteiger partial charge in [0.05, 0.1) is 41.8 Å². The van der Waals surface area contributed by atoms with Crippen molar-refractivity contribution in [1.82, 2.24) is 45.3 Å². The lowest BCUT2D eigenvalue weighted by Gasteiger charge is -2.33. The third-order valence-corrected chi connectivity index (χ3v) is 18.0. The van der Waals surface area contributed by atoms with Gasteiger partial charge in [0, 0.05) is 48.8 Å². The van der Waals surface area contributed by atoms with Gasteiger partial charge in [-0.2, -0.15) is 15.3 Å². The van der Waals surface area contributed by atoms with Crippen molar-refractivity contribution in [3.8, 4) is 17.6 Å². The first kappa shape index (κ1) is 54.9. The molecule has 75 heavy (non-hydrogen) atoms. The number of aromatic nitrogens is 6. The SMILES string of the molecule is CNCc1cc(OCc2cc(C)cc(C3CCC(C(C)n4nc(CNC)cc4OCc4cc(C5CCC(C(C)n6nc(CNC)cc6OCC6CC=CC=C6Cl)CC5)ccc4C)CC3)c2)n(C(C)C2CCCCC2)n1. The van der Waals surface area contributed by atoms with Crippen LogP contribution in [0.2, 0.25) is 0 Å². The summed E-state index contributed by atoms with van der Waals surface area (Å²) in [5, 5.41) is 26.0. The largest absolute Gasteiger partial charge is 0.477 e. The van der Waals surface area contributed by atoms with Gasteiger partial charge in [0.15, 0.2) is 0 Å². The van der Waals surface area contributed by atoms with E-state index in [0.717, 1.165) is 104 Å². The van der Waals surface area contributed by atoms with Crippen molar-refractivity contribution in [2.24, 2.45) is 23.7 Å². The van der Waals surface area contributed by atoms with E-state index in [1.54, 1.807) is 0 Å². The lowest BCUT2D eigenvalue weighted by atomic mass is 9.76. The topological polar surface area (TPSA) is 117 Å². The molecule has 12 nitrogen and oxygen atoms in total. The number of benzene rings is 2. The predicted molar refractivity (Wildman–Crippen MR) is 303 cm³/mol. The highest BCUT2D eigenvalue weighted by molar-refractivity contribution is 6.30. The molecule has 406 valence electrons. The molecule has 3 aromatic heterocycles. The molecule has 0 spiro atoms. The standard InChI is InChI=1S/C62H88ClN9O3/c1-41-28-46(38-73-60-32-56(35-64-6)67-70(60)43(3)47-14-10-9-11-15-47)30-54(29-41)51-26-22-49(23-27-51)45(5)72-62(34-58(69-72)37-66-8)75-40-55-31-52(19-18-42(55)2)50-24-20-48(21-25-50)44(4)71-61(33-57(68-71)36-65-7)74-39-53-16-12-13-17-59(53)63/h12-13,17-19,28-34,43-45,47-51,53,64-66H,9-11,14-16,20-27,35-40H2,1-8H3. The van der Waals surface area contributed by atoms with Crippen LogP contribution in [0.3, 0.4) is 0 Å². The Kier molecular flexibility index (Phi) is 19.0. The number of nitrogens with zero attached hydrogens (tertiary/aromatic N) is 6. The molecule has 4 unspecified atom stereocenters. The van der Waals surface area contributed by atoms with Crippen molar-refractivity contribution < 1.29 is 14.2 Å². The Morgan fingerprint density at radius 1 is 0.573 bits per heavy atom. The van der Waals surface area contributed by atoms with Crippen LogP contribution in [0.4, 0.5) is 0 Å². The Bertz CT molecular complexity index is 2680. The van der Waals surface area contributed by atoms with Gasteiger partial charge in [-0.05, 0) is 190 Å². The maximum atomic E-state index is 6.83. The number of aryl methyl sites for hydroxylation is 2. The third kappa shape index (κ3) is 13.6. The van der Waals surface area contributed by atoms with Gasteiger partial charge in [-0.15, -0.1) is 0 Å². The molecule has 3 fully saturated rings. The molecular formula is C62H88ClN9O3. The van der Waals surface area contributed by atoms with E-state index in [1.165, 1.54) is 65.5 Å². The second-order valence-corrected chi connectivity index (χ2v) is 23.4. The van der Waals surface area contributed by atoms with E-state index in [9.17, 15) is 0 Å². The van der Waals surface area contributed by atoms with Crippen molar-refractivity contribution >= 4 is 11.6 Å². The minimum atomic E-state index is 0.175. The molecule has 4 aliphatic carbocycles. The third-order valence-electron chi connectivity index (χ3n) is 17.6. The van der Waals surface area contributed by atoms with Crippen LogP contribution in [0.5, 0.6) is 17.6 Å². The summed E-state index contributed by atoms with van der Waals surface area (Å²) in [5.41, 5.74) is 11.0. The van der Waals surface area contributed by atoms with Crippen LogP contribution in [0, 0.1) is 37.5 Å². The van der Waals surface area contributed by atoms with Gasteiger partial charge >= 0.3 is 0 Å². The zero-order chi connectivity index (χ0) is 52.4. The summed E-state index contributed by atoms with van der Waals surface area (Å²) in [6.45, 7) is 15.2. The summed E-state index contributed by atoms with van der Waals surface area (Å²) in [4.78, 5) is 0. The average molecular weight is 1040 g/mol. The van der Waals surface area contributed by atoms with Gasteiger partial charge < -0.3 is 30.2 Å². The summed E-state index contributed by atoms with van der Waals surface area (Å²) in [7, 11) is 5.93. The van der Waals surface area contributed by atoms with Crippen LogP contribution in [0.25, 0.3) is 0 Å². The highest BCUT2D eigenvalue weighted by atomic mass is 35.5. The Morgan fingerprint density at radius 3 is 1.61 bits per heavy atom. The fourth-order valence-electron chi connectivity index (χ4n) is 13.0. The zero-order valence-corrected chi connectivity index (χ0v) is 47.3. The quantitative estimate of drug-likeness (QED) is 0.0588. The zero-order valence-electron chi connectivity index (χ0n) is 46.6. The van der Waals surface area contributed by atoms with Crippen molar-refractivity contribution in [2.75, 3.05) is 27.7 Å². The van der Waals surface area contributed by atoms with Crippen LogP contribution in [-0.4, -0.2) is 57.1 Å². The molecule has 3 N–H and O–H groups in total. The van der Waals surface area contributed by atoms with Crippen molar-refractivity contribution in [2.45, 2.75) is 187 Å². The maximum Gasteiger partial charge on any atom is 0.212 e. The number of ether oxygens (including phenoxy) is 3. The number of allylic oxidation sites excluding steroid dienone is 3. The van der Waals surface area contributed by atoms with Crippen LogP contribution in [-0.2, 0) is 32.8 Å². The number of halogens is 1. The number of rotatable bonds is 23. The Labute approximate surface area is 453 Å². The van der Waals surface area contributed by atoms with Crippen molar-refractivity contribution in [1.29, 1.82) is 0 Å². The van der Waals surface area contributed by atoms with E-state index in [0.29, 0.717) is 68.5 Å². The molecular weight excluding hydrogens is 954 g/mol. The van der Waals surface area contributed by atoms with Crippen molar-refractivity contribution in [3.63, 3.8) is 0 Å². The van der Waals surface area contributed by atoms with Crippen LogP contribution < -0.4 is 30.2 Å². The number of hydrogen-bond donors (Lipinski definition) is 3. The fourth-order valence-corrected chi connectivity index (χ4v) is 13.2. The normalized spacial score (nSPS) is 22.7. The van der Waals surface area contributed by atoms with Gasteiger partial charge in [0.2, 0.25) is 17.6 Å². The Balaban J connectivity index is 0.799. The molecule has 4 aliphatic rings. The summed E-state index contributed by atoms with van der Waals surface area (Å²) in [5.74, 6) is 5.49. The molecule has 2 aromatic carbocycles. The average Bonchev–Trinajstić information content (AvgIpc) is 4.16. The summed E-state index contributed by atoms with van der Waals surface area (Å²) in [6, 6.07) is 21.4. The van der Waals surface area contributed by atoms with Crippen LogP contribution in [0.1, 0.15) is 191 Å². The van der Waals surface area contributed by atoms with Gasteiger partial charge in [0.25, 0.3) is 0 Å². The molecule has 9 rings (SSSR count). The molecule has 5 aromatic rings. The molecule has 0 aliphatic heterocycles. The summed E-state index contributed by atoms with van der Waals surface area (Å²) < 4.78 is 26.5. The highest BCUT2D eigenvalue weighted by Gasteiger charge is 2.32.